The number of pyridine rings is 1. The quantitative estimate of drug-likeness (QED) is 0.400. The minimum absolute atomic E-state index is 0.0246. The van der Waals surface area contributed by atoms with Crippen molar-refractivity contribution >= 4 is 22.9 Å². The van der Waals surface area contributed by atoms with E-state index in [1.807, 2.05) is 19.9 Å². The van der Waals surface area contributed by atoms with E-state index >= 15 is 0 Å². The second-order valence-electron chi connectivity index (χ2n) is 8.41. The fourth-order valence-electron chi connectivity index (χ4n) is 3.78. The van der Waals surface area contributed by atoms with Crippen molar-refractivity contribution in [3.63, 3.8) is 0 Å². The summed E-state index contributed by atoms with van der Waals surface area (Å²) in [6.45, 7) is 5.89. The number of fused-ring (bicyclic) bond motifs is 2. The molecule has 1 aliphatic heterocycles. The predicted molar refractivity (Wildman–Crippen MR) is 125 cm³/mol. The Morgan fingerprint density at radius 3 is 2.74 bits per heavy atom. The molecule has 0 radical (unpaired) electrons. The Labute approximate surface area is 200 Å². The van der Waals surface area contributed by atoms with Crippen molar-refractivity contribution in [1.29, 1.82) is 0 Å². The van der Waals surface area contributed by atoms with Crippen molar-refractivity contribution in [2.45, 2.75) is 39.5 Å². The van der Waals surface area contributed by atoms with E-state index in [4.69, 9.17) is 18.6 Å². The molecule has 0 bridgehead atoms. The van der Waals surface area contributed by atoms with Gasteiger partial charge in [-0.1, -0.05) is 6.07 Å². The number of esters is 1. The lowest BCUT2D eigenvalue weighted by Gasteiger charge is -2.15. The van der Waals surface area contributed by atoms with Gasteiger partial charge in [0.05, 0.1) is 23.4 Å². The van der Waals surface area contributed by atoms with Gasteiger partial charge in [0.2, 0.25) is 6.79 Å². The summed E-state index contributed by atoms with van der Waals surface area (Å²) < 4.78 is 23.4. The molecule has 10 heteroatoms. The Kier molecular flexibility index (Phi) is 5.86. The predicted octanol–water partition coefficient (Wildman–Crippen LogP) is 3.86. The Balaban J connectivity index is 1.33. The molecule has 180 valence electrons. The summed E-state index contributed by atoms with van der Waals surface area (Å²) in [5, 5.41) is 7.69. The molecule has 1 unspecified atom stereocenters. The molecule has 0 fully saturated rings. The maximum absolute atomic E-state index is 13.1. The van der Waals surface area contributed by atoms with E-state index in [0.717, 1.165) is 5.56 Å². The monoisotopic (exact) mass is 476 g/mol. The van der Waals surface area contributed by atoms with Gasteiger partial charge in [-0.3, -0.25) is 4.79 Å². The van der Waals surface area contributed by atoms with E-state index in [9.17, 15) is 9.59 Å². The van der Waals surface area contributed by atoms with Crippen LogP contribution in [0.3, 0.4) is 0 Å². The zero-order valence-corrected chi connectivity index (χ0v) is 19.5. The van der Waals surface area contributed by atoms with Crippen LogP contribution in [0.2, 0.25) is 0 Å². The van der Waals surface area contributed by atoms with Crippen LogP contribution in [0.25, 0.3) is 22.5 Å². The number of aromatic nitrogens is 3. The Bertz CT molecular complexity index is 1390. The highest BCUT2D eigenvalue weighted by atomic mass is 16.7. The Morgan fingerprint density at radius 2 is 1.97 bits per heavy atom. The molecule has 3 aromatic heterocycles. The van der Waals surface area contributed by atoms with Gasteiger partial charge in [0.25, 0.3) is 5.91 Å². The van der Waals surface area contributed by atoms with Crippen LogP contribution >= 0.6 is 0 Å². The minimum Gasteiger partial charge on any atom is -0.463 e. The molecule has 4 heterocycles. The first-order valence-corrected chi connectivity index (χ1v) is 11.2. The normalized spacial score (nSPS) is 13.3. The summed E-state index contributed by atoms with van der Waals surface area (Å²) in [6.07, 6.45) is 2.09. The number of furan rings is 1. The van der Waals surface area contributed by atoms with Gasteiger partial charge in [0, 0.05) is 12.6 Å². The maximum atomic E-state index is 13.1. The van der Waals surface area contributed by atoms with Crippen LogP contribution in [0.4, 0.5) is 0 Å². The first-order chi connectivity index (χ1) is 16.9. The largest absolute Gasteiger partial charge is 0.463 e. The summed E-state index contributed by atoms with van der Waals surface area (Å²) >= 11 is 0. The van der Waals surface area contributed by atoms with Crippen LogP contribution in [0.1, 0.15) is 42.7 Å². The summed E-state index contributed by atoms with van der Waals surface area (Å²) in [5.41, 5.74) is 2.09. The fourth-order valence-corrected chi connectivity index (χ4v) is 3.78. The van der Waals surface area contributed by atoms with Crippen LogP contribution in [0.15, 0.2) is 53.3 Å². The third-order valence-electron chi connectivity index (χ3n) is 5.61. The lowest BCUT2D eigenvalue weighted by atomic mass is 10.1. The lowest BCUT2D eigenvalue weighted by Crippen LogP contribution is -2.35. The molecule has 1 aliphatic rings. The third-order valence-corrected chi connectivity index (χ3v) is 5.61. The van der Waals surface area contributed by atoms with Gasteiger partial charge in [-0.05, 0) is 56.7 Å². The molecule has 4 aromatic rings. The van der Waals surface area contributed by atoms with E-state index in [2.05, 4.69) is 15.4 Å². The van der Waals surface area contributed by atoms with Crippen LogP contribution in [-0.4, -0.2) is 39.5 Å². The van der Waals surface area contributed by atoms with Crippen molar-refractivity contribution in [2.24, 2.45) is 0 Å². The molecule has 35 heavy (non-hydrogen) atoms. The average Bonchev–Trinajstić information content (AvgIpc) is 3.61. The Hall–Kier alpha value is -4.34. The summed E-state index contributed by atoms with van der Waals surface area (Å²) in [4.78, 5) is 30.4. The van der Waals surface area contributed by atoms with Gasteiger partial charge < -0.3 is 23.9 Å². The molecule has 0 spiro atoms. The number of hydrogen-bond donors (Lipinski definition) is 1. The van der Waals surface area contributed by atoms with Crippen LogP contribution in [-0.2, 0) is 16.1 Å². The Morgan fingerprint density at radius 1 is 1.14 bits per heavy atom. The number of rotatable bonds is 7. The number of amides is 1. The van der Waals surface area contributed by atoms with Crippen molar-refractivity contribution < 1.29 is 28.2 Å². The van der Waals surface area contributed by atoms with Gasteiger partial charge in [-0.15, -0.1) is 0 Å². The molecule has 0 saturated heterocycles. The highest BCUT2D eigenvalue weighted by Crippen LogP contribution is 2.32. The smallest absolute Gasteiger partial charge is 0.339 e. The van der Waals surface area contributed by atoms with Gasteiger partial charge >= 0.3 is 5.97 Å². The van der Waals surface area contributed by atoms with E-state index < -0.39 is 18.0 Å². The highest BCUT2D eigenvalue weighted by molar-refractivity contribution is 6.04. The fraction of sp³-hybridized carbons (Fsp3) is 0.280. The van der Waals surface area contributed by atoms with Crippen molar-refractivity contribution in [3.05, 3.63) is 60.0 Å². The van der Waals surface area contributed by atoms with Crippen molar-refractivity contribution in [2.75, 3.05) is 6.79 Å². The maximum Gasteiger partial charge on any atom is 0.339 e. The number of ether oxygens (including phenoxy) is 3. The molecule has 0 aliphatic carbocycles. The van der Waals surface area contributed by atoms with Crippen molar-refractivity contribution in [1.82, 2.24) is 20.1 Å². The van der Waals surface area contributed by atoms with Gasteiger partial charge in [-0.2, -0.15) is 5.10 Å². The number of benzene rings is 1. The lowest BCUT2D eigenvalue weighted by molar-refractivity contribution is -0.129. The number of nitrogens with zero attached hydrogens (tertiary/aromatic N) is 3. The minimum atomic E-state index is -1.02. The third kappa shape index (κ3) is 4.42. The number of nitrogens with one attached hydrogen (secondary N) is 1. The molecule has 5 rings (SSSR count). The van der Waals surface area contributed by atoms with Gasteiger partial charge in [0.15, 0.2) is 29.0 Å². The molecule has 10 nitrogen and oxygen atoms in total. The second-order valence-corrected chi connectivity index (χ2v) is 8.41. The molecule has 1 atom stereocenters. The standard InChI is InChI=1S/C25H24N4O6/c1-14(2)29-23-18(12-27-29)17(10-19(28-23)20-5-4-8-32-20)25(31)35-15(3)24(30)26-11-16-6-7-21-22(9-16)34-13-33-21/h4-10,12,14-15H,11,13H2,1-3H3,(H,26,30). The molecule has 1 aromatic carbocycles. The number of carbonyl (C=O) groups is 2. The van der Waals surface area contributed by atoms with E-state index in [1.54, 1.807) is 41.2 Å². The van der Waals surface area contributed by atoms with Crippen LogP contribution in [0, 0.1) is 0 Å². The molecule has 1 N–H and O–H groups in total. The van der Waals surface area contributed by atoms with Crippen molar-refractivity contribution in [3.8, 4) is 23.0 Å². The average molecular weight is 476 g/mol. The number of carbonyl (C=O) groups excluding carboxylic acids is 2. The van der Waals surface area contributed by atoms with E-state index in [1.165, 1.54) is 13.2 Å². The summed E-state index contributed by atoms with van der Waals surface area (Å²) in [6, 6.07) is 10.5. The zero-order chi connectivity index (χ0) is 24.5. The summed E-state index contributed by atoms with van der Waals surface area (Å²) in [5.74, 6) is 0.727. The topological polar surface area (TPSA) is 118 Å². The van der Waals surface area contributed by atoms with Crippen LogP contribution < -0.4 is 14.8 Å². The molecule has 1 amide bonds. The first-order valence-electron chi connectivity index (χ1n) is 11.2. The molecular weight excluding hydrogens is 452 g/mol. The van der Waals surface area contributed by atoms with E-state index in [-0.39, 0.29) is 24.9 Å². The second kappa shape index (κ2) is 9.13. The first kappa shape index (κ1) is 22.5. The van der Waals surface area contributed by atoms with Gasteiger partial charge in [-0.25, -0.2) is 14.5 Å². The zero-order valence-electron chi connectivity index (χ0n) is 19.5. The summed E-state index contributed by atoms with van der Waals surface area (Å²) in [7, 11) is 0. The SMILES string of the molecule is CC(OC(=O)c1cc(-c2ccco2)nc2c1cnn2C(C)C)C(=O)NCc1ccc2c(c1)OCO2. The highest BCUT2D eigenvalue weighted by Gasteiger charge is 2.24. The molecule has 0 saturated carbocycles. The van der Waals surface area contributed by atoms with E-state index in [0.29, 0.717) is 34.0 Å². The molecular formula is C25H24N4O6. The van der Waals surface area contributed by atoms with Gasteiger partial charge in [0.1, 0.15) is 5.69 Å². The number of hydrogen-bond acceptors (Lipinski definition) is 8. The van der Waals surface area contributed by atoms with Crippen LogP contribution in [0.5, 0.6) is 11.5 Å².